The number of aromatic nitrogens is 2. The third-order valence-corrected chi connectivity index (χ3v) is 5.91. The molecule has 0 saturated carbocycles. The molecule has 0 aliphatic carbocycles. The van der Waals surface area contributed by atoms with Gasteiger partial charge in [-0.05, 0) is 69.2 Å². The van der Waals surface area contributed by atoms with E-state index in [-0.39, 0.29) is 17.2 Å². The maximum atomic E-state index is 13.4. The number of hydrogen-bond acceptors (Lipinski definition) is 4. The van der Waals surface area contributed by atoms with E-state index in [0.717, 1.165) is 22.4 Å². The molecular weight excluding hydrogens is 426 g/mol. The van der Waals surface area contributed by atoms with Gasteiger partial charge < -0.3 is 10.1 Å². The normalized spacial score (nSPS) is 10.7. The molecule has 1 amide bonds. The van der Waals surface area contributed by atoms with Crippen LogP contribution in [0.15, 0.2) is 71.5 Å². The summed E-state index contributed by atoms with van der Waals surface area (Å²) in [5, 5.41) is 7.54. The molecule has 0 unspecified atom stereocenters. The molecule has 0 fully saturated rings. The van der Waals surface area contributed by atoms with Crippen LogP contribution in [0.2, 0.25) is 0 Å². The van der Waals surface area contributed by atoms with Gasteiger partial charge in [-0.2, -0.15) is 5.10 Å². The molecule has 0 saturated heterocycles. The largest absolute Gasteiger partial charge is 0.496 e. The van der Waals surface area contributed by atoms with E-state index in [1.165, 1.54) is 0 Å². The summed E-state index contributed by atoms with van der Waals surface area (Å²) in [5.41, 5.74) is 5.42. The number of carbonyl (C=O) groups excluding carboxylic acids is 1. The Labute approximate surface area is 198 Å². The number of nitrogens with one attached hydrogen (secondary N) is 1. The number of nitrogens with zero attached hydrogens (tertiary/aromatic N) is 2. The quantitative estimate of drug-likeness (QED) is 0.439. The molecule has 4 aromatic rings. The van der Waals surface area contributed by atoms with E-state index in [0.29, 0.717) is 28.1 Å². The molecule has 172 valence electrons. The van der Waals surface area contributed by atoms with E-state index in [1.54, 1.807) is 43.0 Å². The molecule has 1 N–H and O–H groups in total. The van der Waals surface area contributed by atoms with Gasteiger partial charge >= 0.3 is 0 Å². The molecule has 0 atom stereocenters. The minimum absolute atomic E-state index is 0.274. The second kappa shape index (κ2) is 9.35. The number of rotatable bonds is 5. The van der Waals surface area contributed by atoms with Crippen molar-refractivity contribution in [3.8, 4) is 22.6 Å². The summed E-state index contributed by atoms with van der Waals surface area (Å²) in [6, 6.07) is 20.4. The molecule has 0 aliphatic rings. The van der Waals surface area contributed by atoms with Gasteiger partial charge in [0.15, 0.2) is 0 Å². The van der Waals surface area contributed by atoms with Gasteiger partial charge in [-0.25, -0.2) is 4.68 Å². The lowest BCUT2D eigenvalue weighted by Gasteiger charge is -2.20. The van der Waals surface area contributed by atoms with Crippen molar-refractivity contribution < 1.29 is 9.53 Å². The number of para-hydroxylation sites is 1. The van der Waals surface area contributed by atoms with Crippen LogP contribution >= 0.6 is 0 Å². The van der Waals surface area contributed by atoms with E-state index >= 15 is 0 Å². The van der Waals surface area contributed by atoms with Crippen molar-refractivity contribution in [2.24, 2.45) is 0 Å². The Bertz CT molecular complexity index is 1440. The summed E-state index contributed by atoms with van der Waals surface area (Å²) in [5.74, 6) is 0.482. The van der Waals surface area contributed by atoms with E-state index in [1.807, 2.05) is 63.2 Å². The molecule has 3 aromatic carbocycles. The van der Waals surface area contributed by atoms with E-state index in [9.17, 15) is 9.59 Å². The molecule has 4 rings (SSSR count). The van der Waals surface area contributed by atoms with E-state index < -0.39 is 0 Å². The van der Waals surface area contributed by atoms with E-state index in [2.05, 4.69) is 10.4 Å². The van der Waals surface area contributed by atoms with Gasteiger partial charge in [-0.15, -0.1) is 0 Å². The third kappa shape index (κ3) is 4.35. The van der Waals surface area contributed by atoms with Gasteiger partial charge in [0.25, 0.3) is 5.91 Å². The zero-order chi connectivity index (χ0) is 24.4. The van der Waals surface area contributed by atoms with Crippen LogP contribution in [0.3, 0.4) is 0 Å². The predicted octanol–water partition coefficient (Wildman–Crippen LogP) is 5.39. The second-order valence-corrected chi connectivity index (χ2v) is 8.34. The summed E-state index contributed by atoms with van der Waals surface area (Å²) >= 11 is 0. The highest BCUT2D eigenvalue weighted by molar-refractivity contribution is 6.06. The van der Waals surface area contributed by atoms with Crippen LogP contribution in [0.1, 0.15) is 32.7 Å². The van der Waals surface area contributed by atoms with Gasteiger partial charge in [0, 0.05) is 11.1 Å². The smallest absolute Gasteiger partial charge is 0.256 e. The number of benzene rings is 3. The molecule has 0 aliphatic heterocycles. The van der Waals surface area contributed by atoms with Crippen LogP contribution in [0.25, 0.3) is 16.8 Å². The monoisotopic (exact) mass is 453 g/mol. The molecule has 0 radical (unpaired) electrons. The van der Waals surface area contributed by atoms with Gasteiger partial charge in [0.1, 0.15) is 17.3 Å². The molecule has 6 nitrogen and oxygen atoms in total. The fourth-order valence-electron chi connectivity index (χ4n) is 3.79. The van der Waals surface area contributed by atoms with Crippen LogP contribution in [0.4, 0.5) is 5.82 Å². The standard InChI is InChI=1S/C28H27N3O3/c1-17-10-13-21(14-11-17)28(33)29-27-25(23-8-6-7-9-24(23)34-5)26(32)20(4)30-31(27)22-15-12-18(2)19(3)16-22/h6-16H,1-5H3,(H,29,33). The Hall–Kier alpha value is -4.19. The number of aryl methyl sites for hydroxylation is 4. The Kier molecular flexibility index (Phi) is 6.32. The Morgan fingerprint density at radius 3 is 2.29 bits per heavy atom. The molecule has 34 heavy (non-hydrogen) atoms. The van der Waals surface area contributed by atoms with Crippen molar-refractivity contribution in [3.63, 3.8) is 0 Å². The van der Waals surface area contributed by atoms with Gasteiger partial charge in [0.05, 0.1) is 18.4 Å². The van der Waals surface area contributed by atoms with Crippen LogP contribution in [0.5, 0.6) is 5.75 Å². The van der Waals surface area contributed by atoms with Gasteiger partial charge in [-0.3, -0.25) is 9.59 Å². The maximum Gasteiger partial charge on any atom is 0.256 e. The zero-order valence-corrected chi connectivity index (χ0v) is 20.0. The first-order valence-electron chi connectivity index (χ1n) is 11.0. The predicted molar refractivity (Wildman–Crippen MR) is 135 cm³/mol. The zero-order valence-electron chi connectivity index (χ0n) is 20.0. The summed E-state index contributed by atoms with van der Waals surface area (Å²) in [4.78, 5) is 26.7. The van der Waals surface area contributed by atoms with Crippen molar-refractivity contribution in [1.82, 2.24) is 9.78 Å². The van der Waals surface area contributed by atoms with Crippen molar-refractivity contribution in [2.45, 2.75) is 27.7 Å². The van der Waals surface area contributed by atoms with Crippen LogP contribution in [0, 0.1) is 27.7 Å². The molecule has 6 heteroatoms. The van der Waals surface area contributed by atoms with Crippen LogP contribution < -0.4 is 15.5 Å². The second-order valence-electron chi connectivity index (χ2n) is 8.34. The first kappa shape index (κ1) is 23.0. The van der Waals surface area contributed by atoms with Crippen LogP contribution in [-0.4, -0.2) is 22.8 Å². The van der Waals surface area contributed by atoms with Crippen molar-refractivity contribution >= 4 is 11.7 Å². The highest BCUT2D eigenvalue weighted by atomic mass is 16.5. The molecule has 1 heterocycles. The number of ether oxygens (including phenoxy) is 1. The molecule has 0 bridgehead atoms. The minimum Gasteiger partial charge on any atom is -0.496 e. The number of hydrogen-bond donors (Lipinski definition) is 1. The van der Waals surface area contributed by atoms with Crippen molar-refractivity contribution in [1.29, 1.82) is 0 Å². The molecule has 0 spiro atoms. The Balaban J connectivity index is 2.00. The fourth-order valence-corrected chi connectivity index (χ4v) is 3.79. The first-order valence-corrected chi connectivity index (χ1v) is 11.0. The summed E-state index contributed by atoms with van der Waals surface area (Å²) < 4.78 is 7.17. The lowest BCUT2D eigenvalue weighted by Crippen LogP contribution is -2.25. The lowest BCUT2D eigenvalue weighted by molar-refractivity contribution is 0.102. The highest BCUT2D eigenvalue weighted by Crippen LogP contribution is 2.34. The fraction of sp³-hybridized carbons (Fsp3) is 0.179. The van der Waals surface area contributed by atoms with Crippen molar-refractivity contribution in [3.05, 3.63) is 105 Å². The number of carbonyl (C=O) groups is 1. The summed E-state index contributed by atoms with van der Waals surface area (Å²) in [6.45, 7) is 7.68. The van der Waals surface area contributed by atoms with Crippen molar-refractivity contribution in [2.75, 3.05) is 12.4 Å². The lowest BCUT2D eigenvalue weighted by atomic mass is 10.0. The Morgan fingerprint density at radius 1 is 0.912 bits per heavy atom. The summed E-state index contributed by atoms with van der Waals surface area (Å²) in [7, 11) is 1.55. The molecular formula is C28H27N3O3. The average molecular weight is 454 g/mol. The third-order valence-electron chi connectivity index (χ3n) is 5.91. The molecule has 1 aromatic heterocycles. The van der Waals surface area contributed by atoms with Gasteiger partial charge in [-0.1, -0.05) is 42.0 Å². The number of anilines is 1. The topological polar surface area (TPSA) is 73.2 Å². The number of amides is 1. The number of methoxy groups -OCH3 is 1. The Morgan fingerprint density at radius 2 is 1.62 bits per heavy atom. The highest BCUT2D eigenvalue weighted by Gasteiger charge is 2.23. The summed E-state index contributed by atoms with van der Waals surface area (Å²) in [6.07, 6.45) is 0. The average Bonchev–Trinajstić information content (AvgIpc) is 2.83. The van der Waals surface area contributed by atoms with E-state index in [4.69, 9.17) is 4.74 Å². The van der Waals surface area contributed by atoms with Crippen LogP contribution in [-0.2, 0) is 0 Å². The SMILES string of the molecule is COc1ccccc1-c1c(NC(=O)c2ccc(C)cc2)n(-c2ccc(C)c(C)c2)nc(C)c1=O. The van der Waals surface area contributed by atoms with Gasteiger partial charge in [0.2, 0.25) is 5.43 Å². The first-order chi connectivity index (χ1) is 16.3. The maximum absolute atomic E-state index is 13.4. The minimum atomic E-state index is -0.334.